The Bertz CT molecular complexity index is 164. The van der Waals surface area contributed by atoms with Crippen LogP contribution in [0, 0.1) is 0 Å². The second-order valence-corrected chi connectivity index (χ2v) is 3.21. The van der Waals surface area contributed by atoms with Gasteiger partial charge < -0.3 is 8.37 Å². The minimum Gasteiger partial charge on any atom is -0.395 e. The lowest BCUT2D eigenvalue weighted by atomic mass is 10.1. The number of unbranched alkanes of at least 4 members (excludes halogenated alkanes) is 3. The Morgan fingerprint density at radius 1 is 0.786 bits per heavy atom. The molecular weight excluding hydrogens is 224 g/mol. The van der Waals surface area contributed by atoms with Crippen molar-refractivity contribution < 1.29 is 18.0 Å². The van der Waals surface area contributed by atoms with E-state index in [1.165, 1.54) is 0 Å². The lowest BCUT2D eigenvalue weighted by Gasteiger charge is -1.99. The van der Waals surface area contributed by atoms with E-state index in [1.807, 2.05) is 0 Å². The van der Waals surface area contributed by atoms with Crippen molar-refractivity contribution in [2.24, 2.45) is 0 Å². The molecule has 0 bridgehead atoms. The van der Waals surface area contributed by atoms with E-state index < -0.39 is 0 Å². The second-order valence-electron chi connectivity index (χ2n) is 2.84. The van der Waals surface area contributed by atoms with Gasteiger partial charge >= 0.3 is 11.9 Å². The number of carbonyl (C=O) groups excluding carboxylic acids is 2. The number of rotatable bonds is 7. The van der Waals surface area contributed by atoms with Crippen LogP contribution in [0.15, 0.2) is 0 Å². The van der Waals surface area contributed by atoms with Crippen molar-refractivity contribution in [2.75, 3.05) is 0 Å². The molecule has 0 aliphatic heterocycles. The van der Waals surface area contributed by atoms with E-state index in [2.05, 4.69) is 34.2 Å². The Kier molecular flexibility index (Phi) is 8.97. The Morgan fingerprint density at radius 3 is 1.43 bits per heavy atom. The SMILES string of the molecule is O=C(CCCCCCC(=O)OS)OS. The summed E-state index contributed by atoms with van der Waals surface area (Å²) in [5, 5.41) is 0. The van der Waals surface area contributed by atoms with Gasteiger partial charge in [0, 0.05) is 38.7 Å². The molecule has 0 rings (SSSR count). The zero-order valence-electron chi connectivity index (χ0n) is 7.77. The molecule has 0 saturated carbocycles. The van der Waals surface area contributed by atoms with Gasteiger partial charge in [0.2, 0.25) is 0 Å². The fourth-order valence-corrected chi connectivity index (χ4v) is 1.17. The summed E-state index contributed by atoms with van der Waals surface area (Å²) >= 11 is 6.76. The Morgan fingerprint density at radius 2 is 1.14 bits per heavy atom. The van der Waals surface area contributed by atoms with Gasteiger partial charge in [0.25, 0.3) is 0 Å². The summed E-state index contributed by atoms with van der Waals surface area (Å²) in [4.78, 5) is 21.2. The lowest BCUT2D eigenvalue weighted by Crippen LogP contribution is -1.97. The Hall–Kier alpha value is -0.360. The highest BCUT2D eigenvalue weighted by atomic mass is 32.1. The van der Waals surface area contributed by atoms with Gasteiger partial charge in [-0.25, -0.2) is 0 Å². The van der Waals surface area contributed by atoms with Crippen molar-refractivity contribution in [3.63, 3.8) is 0 Å². The highest BCUT2D eigenvalue weighted by molar-refractivity contribution is 7.75. The summed E-state index contributed by atoms with van der Waals surface area (Å²) in [5.41, 5.74) is 0. The predicted molar refractivity (Wildman–Crippen MR) is 57.9 cm³/mol. The maximum Gasteiger partial charge on any atom is 0.317 e. The summed E-state index contributed by atoms with van der Waals surface area (Å²) in [6.45, 7) is 0. The van der Waals surface area contributed by atoms with Crippen LogP contribution in [-0.4, -0.2) is 11.9 Å². The lowest BCUT2D eigenvalue weighted by molar-refractivity contribution is -0.134. The number of carbonyl (C=O) groups is 2. The molecule has 0 aromatic heterocycles. The molecule has 0 aromatic carbocycles. The van der Waals surface area contributed by atoms with Gasteiger partial charge in [0.15, 0.2) is 0 Å². The van der Waals surface area contributed by atoms with Crippen LogP contribution in [-0.2, 0) is 18.0 Å². The third kappa shape index (κ3) is 8.25. The van der Waals surface area contributed by atoms with E-state index >= 15 is 0 Å². The normalized spacial score (nSPS) is 9.57. The van der Waals surface area contributed by atoms with E-state index in [0.29, 0.717) is 12.8 Å². The van der Waals surface area contributed by atoms with Crippen LogP contribution in [0.1, 0.15) is 38.5 Å². The molecular formula is C8H14O4S2. The van der Waals surface area contributed by atoms with Gasteiger partial charge in [-0.3, -0.25) is 9.59 Å². The fourth-order valence-electron chi connectivity index (χ4n) is 0.984. The first-order chi connectivity index (χ1) is 6.70. The molecule has 82 valence electrons. The maximum atomic E-state index is 10.6. The quantitative estimate of drug-likeness (QED) is 0.405. The molecule has 0 aromatic rings. The zero-order valence-corrected chi connectivity index (χ0v) is 9.56. The van der Waals surface area contributed by atoms with Gasteiger partial charge in [0.1, 0.15) is 0 Å². The van der Waals surface area contributed by atoms with E-state index in [-0.39, 0.29) is 11.9 Å². The summed E-state index contributed by atoms with van der Waals surface area (Å²) in [5.74, 6) is -0.633. The highest BCUT2D eigenvalue weighted by Crippen LogP contribution is 2.07. The molecule has 4 nitrogen and oxygen atoms in total. The van der Waals surface area contributed by atoms with Crippen LogP contribution in [0.25, 0.3) is 0 Å². The topological polar surface area (TPSA) is 52.6 Å². The van der Waals surface area contributed by atoms with E-state index in [0.717, 1.165) is 25.7 Å². The van der Waals surface area contributed by atoms with Gasteiger partial charge in [-0.15, -0.1) is 0 Å². The molecule has 0 N–H and O–H groups in total. The van der Waals surface area contributed by atoms with Crippen molar-refractivity contribution in [1.82, 2.24) is 0 Å². The van der Waals surface area contributed by atoms with Crippen molar-refractivity contribution in [3.8, 4) is 0 Å². The number of hydrogen-bond donors (Lipinski definition) is 2. The average Bonchev–Trinajstić information content (AvgIpc) is 2.22. The number of hydrogen-bond acceptors (Lipinski definition) is 6. The van der Waals surface area contributed by atoms with Crippen molar-refractivity contribution in [2.45, 2.75) is 38.5 Å². The Balaban J connectivity index is 3.14. The maximum absolute atomic E-state index is 10.6. The monoisotopic (exact) mass is 238 g/mol. The third-order valence-electron chi connectivity index (χ3n) is 1.72. The second kappa shape index (κ2) is 9.21. The summed E-state index contributed by atoms with van der Waals surface area (Å²) in [6.07, 6.45) is 4.05. The van der Waals surface area contributed by atoms with Crippen molar-refractivity contribution >= 4 is 37.8 Å². The van der Waals surface area contributed by atoms with Crippen molar-refractivity contribution in [1.29, 1.82) is 0 Å². The molecule has 0 fully saturated rings. The van der Waals surface area contributed by atoms with Crippen LogP contribution in [0.4, 0.5) is 0 Å². The molecule has 0 radical (unpaired) electrons. The first-order valence-corrected chi connectivity index (χ1v) is 5.12. The molecule has 0 atom stereocenters. The Labute approximate surface area is 94.6 Å². The molecule has 0 aliphatic rings. The largest absolute Gasteiger partial charge is 0.395 e. The fraction of sp³-hybridized carbons (Fsp3) is 0.750. The van der Waals surface area contributed by atoms with Crippen LogP contribution in [0.3, 0.4) is 0 Å². The average molecular weight is 238 g/mol. The van der Waals surface area contributed by atoms with Crippen molar-refractivity contribution in [3.05, 3.63) is 0 Å². The summed E-state index contributed by atoms with van der Waals surface area (Å²) < 4.78 is 8.37. The smallest absolute Gasteiger partial charge is 0.317 e. The summed E-state index contributed by atoms with van der Waals surface area (Å²) in [7, 11) is 0. The van der Waals surface area contributed by atoms with Gasteiger partial charge in [-0.05, 0) is 12.8 Å². The minimum absolute atomic E-state index is 0.317. The van der Waals surface area contributed by atoms with Crippen LogP contribution in [0.5, 0.6) is 0 Å². The van der Waals surface area contributed by atoms with E-state index in [9.17, 15) is 9.59 Å². The van der Waals surface area contributed by atoms with Gasteiger partial charge in [-0.1, -0.05) is 12.8 Å². The summed E-state index contributed by atoms with van der Waals surface area (Å²) in [6, 6.07) is 0. The molecule has 0 heterocycles. The standard InChI is InChI=1S/C8H14O4S2/c9-7(11-13)5-3-1-2-4-6-8(10)12-14/h13-14H,1-6H2. The molecule has 0 spiro atoms. The minimum atomic E-state index is -0.317. The molecule has 14 heavy (non-hydrogen) atoms. The molecule has 0 saturated heterocycles. The molecule has 0 aliphatic carbocycles. The first kappa shape index (κ1) is 13.6. The third-order valence-corrected chi connectivity index (χ3v) is 2.12. The first-order valence-electron chi connectivity index (χ1n) is 4.39. The van der Waals surface area contributed by atoms with Crippen LogP contribution < -0.4 is 0 Å². The predicted octanol–water partition coefficient (Wildman–Crippen LogP) is 2.10. The van der Waals surface area contributed by atoms with Gasteiger partial charge in [0.05, 0.1) is 0 Å². The van der Waals surface area contributed by atoms with Gasteiger partial charge in [-0.2, -0.15) is 0 Å². The van der Waals surface area contributed by atoms with E-state index in [1.54, 1.807) is 0 Å². The van der Waals surface area contributed by atoms with Crippen LogP contribution in [0.2, 0.25) is 0 Å². The zero-order chi connectivity index (χ0) is 10.8. The number of thiol groups is 2. The van der Waals surface area contributed by atoms with Crippen LogP contribution >= 0.6 is 25.8 Å². The molecule has 0 unspecified atom stereocenters. The molecule has 6 heteroatoms. The highest BCUT2D eigenvalue weighted by Gasteiger charge is 2.02. The molecule has 0 amide bonds. The van der Waals surface area contributed by atoms with E-state index in [4.69, 9.17) is 0 Å².